The van der Waals surface area contributed by atoms with Gasteiger partial charge >= 0.3 is 0 Å². The van der Waals surface area contributed by atoms with E-state index in [4.69, 9.17) is 14.6 Å². The van der Waals surface area contributed by atoms with Crippen molar-refractivity contribution in [3.8, 4) is 0 Å². The van der Waals surface area contributed by atoms with Gasteiger partial charge in [-0.1, -0.05) is 0 Å². The van der Waals surface area contributed by atoms with Gasteiger partial charge in [0.2, 0.25) is 12.2 Å². The molecule has 0 aromatic carbocycles. The monoisotopic (exact) mass is 297 g/mol. The van der Waals surface area contributed by atoms with Crippen molar-refractivity contribution in [3.05, 3.63) is 60.2 Å². The Morgan fingerprint density at radius 1 is 1.18 bits per heavy atom. The van der Waals surface area contributed by atoms with Crippen LogP contribution in [0.3, 0.4) is 0 Å². The molecule has 0 saturated heterocycles. The van der Waals surface area contributed by atoms with Crippen LogP contribution in [0.1, 0.15) is 11.5 Å². The number of quaternary nitrogens is 1. The quantitative estimate of drug-likeness (QED) is 0.831. The molecule has 8 heteroatoms. The van der Waals surface area contributed by atoms with Gasteiger partial charge in [0.25, 0.3) is 5.82 Å². The third-order valence-corrected chi connectivity index (χ3v) is 3.28. The molecule has 4 rings (SSSR count). The molecule has 0 aliphatic carbocycles. The van der Waals surface area contributed by atoms with Crippen LogP contribution in [0.2, 0.25) is 0 Å². The molecule has 3 N–H and O–H groups in total. The van der Waals surface area contributed by atoms with Crippen molar-refractivity contribution in [2.45, 2.75) is 6.54 Å². The van der Waals surface area contributed by atoms with Crippen LogP contribution >= 0.6 is 0 Å². The molecule has 0 radical (unpaired) electrons. The second-order valence-electron chi connectivity index (χ2n) is 4.78. The number of nitrogens with two attached hydrogens (primary N) is 1. The largest absolute Gasteiger partial charge is 0.468 e. The lowest BCUT2D eigenvalue weighted by Gasteiger charge is -2.24. The zero-order valence-corrected chi connectivity index (χ0v) is 11.5. The average Bonchev–Trinajstić information content (AvgIpc) is 3.24. The molecule has 2 aromatic heterocycles. The number of aliphatic imine (C=N–C) groups is 2. The number of rotatable bonds is 4. The molecule has 0 fully saturated rings. The summed E-state index contributed by atoms with van der Waals surface area (Å²) < 4.78 is 10.5. The van der Waals surface area contributed by atoms with Gasteiger partial charge in [0.15, 0.2) is 11.6 Å². The van der Waals surface area contributed by atoms with Crippen molar-refractivity contribution >= 4 is 18.0 Å². The Kier molecular flexibility index (Phi) is 2.78. The summed E-state index contributed by atoms with van der Waals surface area (Å²) in [6, 6.07) is 7.28. The molecular weight excluding hydrogens is 284 g/mol. The minimum atomic E-state index is -0.100. The van der Waals surface area contributed by atoms with Crippen LogP contribution in [0, 0.1) is 0 Å². The van der Waals surface area contributed by atoms with Gasteiger partial charge in [0.1, 0.15) is 12.3 Å². The van der Waals surface area contributed by atoms with Crippen molar-refractivity contribution < 1.29 is 13.5 Å². The Balaban J connectivity index is 1.63. The van der Waals surface area contributed by atoms with E-state index in [1.54, 1.807) is 37.1 Å². The lowest BCUT2D eigenvalue weighted by Crippen LogP contribution is -2.51. The van der Waals surface area contributed by atoms with Crippen molar-refractivity contribution in [1.29, 1.82) is 0 Å². The Hall–Kier alpha value is -2.97. The van der Waals surface area contributed by atoms with E-state index in [1.165, 1.54) is 0 Å². The summed E-state index contributed by atoms with van der Waals surface area (Å²) in [5.74, 6) is 2.84. The van der Waals surface area contributed by atoms with Gasteiger partial charge in [-0.25, -0.2) is 0 Å². The van der Waals surface area contributed by atoms with E-state index in [9.17, 15) is 0 Å². The van der Waals surface area contributed by atoms with Crippen molar-refractivity contribution in [2.75, 3.05) is 0 Å². The molecule has 2 aromatic rings. The van der Waals surface area contributed by atoms with Gasteiger partial charge in [-0.15, -0.1) is 5.43 Å². The van der Waals surface area contributed by atoms with Gasteiger partial charge in [0.05, 0.1) is 18.6 Å². The molecule has 8 nitrogen and oxygen atoms in total. The number of hydrogen-bond donors (Lipinski definition) is 2. The number of amidine groups is 2. The summed E-state index contributed by atoms with van der Waals surface area (Å²) in [4.78, 5) is 8.81. The molecule has 110 valence electrons. The highest BCUT2D eigenvalue weighted by Gasteiger charge is 2.41. The molecule has 1 unspecified atom stereocenters. The predicted octanol–water partition coefficient (Wildman–Crippen LogP) is 1.31. The second kappa shape index (κ2) is 4.79. The fraction of sp³-hybridized carbons (Fsp3) is 0.0714. The minimum Gasteiger partial charge on any atom is -0.468 e. The maximum atomic E-state index is 5.83. The summed E-state index contributed by atoms with van der Waals surface area (Å²) in [5.41, 5.74) is 9.05. The lowest BCUT2D eigenvalue weighted by atomic mass is 10.4. The smallest absolute Gasteiger partial charge is 0.286 e. The van der Waals surface area contributed by atoms with E-state index in [0.717, 1.165) is 5.76 Å². The first kappa shape index (κ1) is 12.7. The van der Waals surface area contributed by atoms with Gasteiger partial charge < -0.3 is 14.6 Å². The van der Waals surface area contributed by atoms with E-state index < -0.39 is 0 Å². The molecule has 0 amide bonds. The summed E-state index contributed by atoms with van der Waals surface area (Å²) in [5, 5.41) is 4.36. The molecule has 22 heavy (non-hydrogen) atoms. The molecule has 0 saturated carbocycles. The maximum absolute atomic E-state index is 5.83. The Labute approximate surface area is 125 Å². The molecule has 1 atom stereocenters. The summed E-state index contributed by atoms with van der Waals surface area (Å²) in [7, 11) is 0. The van der Waals surface area contributed by atoms with Crippen molar-refractivity contribution in [2.24, 2.45) is 20.8 Å². The summed E-state index contributed by atoms with van der Waals surface area (Å²) in [6.07, 6.45) is 6.52. The minimum absolute atomic E-state index is 0.100. The molecule has 0 bridgehead atoms. The summed E-state index contributed by atoms with van der Waals surface area (Å²) >= 11 is 0. The van der Waals surface area contributed by atoms with E-state index in [1.807, 2.05) is 12.1 Å². The van der Waals surface area contributed by atoms with Crippen LogP contribution in [0.25, 0.3) is 0 Å². The van der Waals surface area contributed by atoms with Crippen LogP contribution in [-0.2, 0) is 6.54 Å². The fourth-order valence-electron chi connectivity index (χ4n) is 2.26. The number of nitrogens with one attached hydrogen (secondary N) is 1. The van der Waals surface area contributed by atoms with E-state index >= 15 is 0 Å². The van der Waals surface area contributed by atoms with Crippen LogP contribution in [0.4, 0.5) is 0 Å². The van der Waals surface area contributed by atoms with E-state index in [-0.39, 0.29) is 4.70 Å². The van der Waals surface area contributed by atoms with Gasteiger partial charge in [-0.2, -0.15) is 9.98 Å². The fourth-order valence-corrected chi connectivity index (χ4v) is 2.26. The van der Waals surface area contributed by atoms with Crippen LogP contribution < -0.4 is 11.2 Å². The Morgan fingerprint density at radius 3 is 2.82 bits per heavy atom. The van der Waals surface area contributed by atoms with Crippen LogP contribution in [0.15, 0.2) is 72.6 Å². The molecular formula is C14H13N6O2+. The predicted molar refractivity (Wildman–Crippen MR) is 79.3 cm³/mol. The lowest BCUT2D eigenvalue weighted by molar-refractivity contribution is -0.851. The first-order chi connectivity index (χ1) is 10.8. The highest BCUT2D eigenvalue weighted by molar-refractivity contribution is 6.03. The van der Waals surface area contributed by atoms with Gasteiger partial charge in [0, 0.05) is 0 Å². The molecule has 2 aliphatic heterocycles. The van der Waals surface area contributed by atoms with E-state index in [0.29, 0.717) is 29.8 Å². The van der Waals surface area contributed by atoms with E-state index in [2.05, 4.69) is 20.5 Å². The molecule has 2 aliphatic rings. The SMILES string of the molecule is NC1=N[N+]2(NCc3ccco3)C=NC(c3ccco3)=NC2=C1. The Morgan fingerprint density at radius 2 is 2.05 bits per heavy atom. The number of fused-ring (bicyclic) bond motifs is 1. The summed E-state index contributed by atoms with van der Waals surface area (Å²) in [6.45, 7) is 0.457. The van der Waals surface area contributed by atoms with Crippen molar-refractivity contribution in [3.63, 3.8) is 0 Å². The highest BCUT2D eigenvalue weighted by atomic mass is 16.3. The molecule has 0 spiro atoms. The first-order valence-corrected chi connectivity index (χ1v) is 6.67. The maximum Gasteiger partial charge on any atom is 0.286 e. The highest BCUT2D eigenvalue weighted by Crippen LogP contribution is 2.25. The molecule has 4 heterocycles. The van der Waals surface area contributed by atoms with Crippen LogP contribution in [0.5, 0.6) is 0 Å². The third kappa shape index (κ3) is 2.07. The Bertz CT molecular complexity index is 801. The topological polar surface area (TPSA) is 101 Å². The normalized spacial score (nSPS) is 23.0. The number of furan rings is 2. The number of nitrogens with zero attached hydrogens (tertiary/aromatic N) is 4. The van der Waals surface area contributed by atoms with Crippen LogP contribution in [-0.4, -0.2) is 22.7 Å². The van der Waals surface area contributed by atoms with Gasteiger partial charge in [-0.05, 0) is 34.1 Å². The standard InChI is InChI=1S/C14H13N6O2/c15-12-7-13-18-14(11-4-2-6-22-11)16-9-20(13,19-12)17-8-10-3-1-5-21-10/h1-7,9,17H,8H2,(H2,15,19)/q+1. The second-order valence-corrected chi connectivity index (χ2v) is 4.78. The zero-order chi connectivity index (χ0) is 15.0. The zero-order valence-electron chi connectivity index (χ0n) is 11.5. The first-order valence-electron chi connectivity index (χ1n) is 6.67. The van der Waals surface area contributed by atoms with Gasteiger partial charge in [-0.3, -0.25) is 0 Å². The van der Waals surface area contributed by atoms with Crippen molar-refractivity contribution in [1.82, 2.24) is 5.43 Å². The average molecular weight is 297 g/mol. The third-order valence-electron chi connectivity index (χ3n) is 3.28. The number of hydrogen-bond acceptors (Lipinski definition) is 7.